The van der Waals surface area contributed by atoms with E-state index >= 15 is 0 Å². The number of benzene rings is 2. The largest absolute Gasteiger partial charge is 0.507 e. The fourth-order valence-electron chi connectivity index (χ4n) is 7.06. The summed E-state index contributed by atoms with van der Waals surface area (Å²) in [4.78, 5) is 48.7. The average Bonchev–Trinajstić information content (AvgIpc) is 3.06. The smallest absolute Gasteiger partial charge is 0.306 e. The Kier molecular flexibility index (Phi) is 13.1. The molecular formula is C43H64O10. The Morgan fingerprint density at radius 1 is 0.679 bits per heavy atom. The molecule has 1 saturated heterocycles. The first-order valence-electron chi connectivity index (χ1n) is 19.1. The standard InChI is InChI=1S/C43H64O10/c1-27-21-29(23-32(36(27)46)39(3,4)5)13-15-34(44)48-25-41(9,10)31-17-19-43(20-18-31)52-50-38(51-53-43)42(11,12)26-49-35(45)16-14-30-22-28(2)37(47)33(24-30)40(6,7)8/h21-24,31,38,46-47H,13-20,25-26H2,1-12H3. The summed E-state index contributed by atoms with van der Waals surface area (Å²) >= 11 is 0. The molecule has 2 aromatic rings. The zero-order valence-corrected chi connectivity index (χ0v) is 34.2. The molecule has 1 saturated carbocycles. The average molecular weight is 741 g/mol. The highest BCUT2D eigenvalue weighted by molar-refractivity contribution is 5.70. The molecule has 296 valence electrons. The molecule has 1 spiro atoms. The van der Waals surface area contributed by atoms with Gasteiger partial charge >= 0.3 is 11.9 Å². The lowest BCUT2D eigenvalue weighted by molar-refractivity contribution is -0.640. The van der Waals surface area contributed by atoms with Gasteiger partial charge in [0.05, 0.1) is 12.0 Å². The molecular weight excluding hydrogens is 676 g/mol. The number of phenols is 2. The summed E-state index contributed by atoms with van der Waals surface area (Å²) in [6, 6.07) is 7.79. The fourth-order valence-corrected chi connectivity index (χ4v) is 7.06. The van der Waals surface area contributed by atoms with Crippen LogP contribution in [0, 0.1) is 30.6 Å². The van der Waals surface area contributed by atoms with Crippen LogP contribution in [-0.2, 0) is 62.3 Å². The van der Waals surface area contributed by atoms with E-state index in [9.17, 15) is 19.8 Å². The fraction of sp³-hybridized carbons (Fsp3) is 0.674. The van der Waals surface area contributed by atoms with Gasteiger partial charge in [0, 0.05) is 31.1 Å². The van der Waals surface area contributed by atoms with Crippen molar-refractivity contribution < 1.29 is 48.8 Å². The van der Waals surface area contributed by atoms with Crippen molar-refractivity contribution in [1.82, 2.24) is 0 Å². The quantitative estimate of drug-likeness (QED) is 0.161. The Labute approximate surface area is 316 Å². The number of carbonyl (C=O) groups excluding carboxylic acids is 2. The second kappa shape index (κ2) is 16.3. The highest BCUT2D eigenvalue weighted by atomic mass is 17.4. The van der Waals surface area contributed by atoms with Crippen molar-refractivity contribution >= 4 is 11.9 Å². The zero-order valence-electron chi connectivity index (χ0n) is 34.2. The highest BCUT2D eigenvalue weighted by Gasteiger charge is 2.50. The van der Waals surface area contributed by atoms with Crippen LogP contribution in [0.2, 0.25) is 0 Å². The molecule has 0 aromatic heterocycles. The maximum Gasteiger partial charge on any atom is 0.306 e. The van der Waals surface area contributed by atoms with E-state index in [1.165, 1.54) is 0 Å². The number of rotatable bonds is 12. The minimum absolute atomic E-state index is 0.0413. The Morgan fingerprint density at radius 2 is 1.08 bits per heavy atom. The first-order chi connectivity index (χ1) is 24.4. The van der Waals surface area contributed by atoms with Gasteiger partial charge in [0.1, 0.15) is 18.1 Å². The SMILES string of the molecule is Cc1cc(CCC(=O)OCC(C)(C)C2CCC3(CC2)OOC(C(C)(C)COC(=O)CCc2cc(C)c(O)c(C(C)(C)C)c2)OO3)cc(C(C)(C)C)c1O. The molecule has 2 aliphatic rings. The molecule has 0 radical (unpaired) electrons. The van der Waals surface area contributed by atoms with E-state index in [1.54, 1.807) is 0 Å². The van der Waals surface area contributed by atoms with Gasteiger partial charge < -0.3 is 19.7 Å². The van der Waals surface area contributed by atoms with Crippen molar-refractivity contribution in [2.24, 2.45) is 16.7 Å². The molecule has 0 atom stereocenters. The van der Waals surface area contributed by atoms with Crippen molar-refractivity contribution in [3.05, 3.63) is 57.6 Å². The van der Waals surface area contributed by atoms with Crippen LogP contribution in [-0.4, -0.2) is 47.4 Å². The Balaban J connectivity index is 1.19. The number of carbonyl (C=O) groups is 2. The van der Waals surface area contributed by atoms with Crippen LogP contribution in [0.25, 0.3) is 0 Å². The monoisotopic (exact) mass is 740 g/mol. The molecule has 1 aliphatic heterocycles. The third kappa shape index (κ3) is 11.0. The van der Waals surface area contributed by atoms with Crippen molar-refractivity contribution in [3.8, 4) is 11.5 Å². The lowest BCUT2D eigenvalue weighted by atomic mass is 9.70. The summed E-state index contributed by atoms with van der Waals surface area (Å²) in [6.07, 6.45) is 3.21. The van der Waals surface area contributed by atoms with Crippen LogP contribution in [0.3, 0.4) is 0 Å². The molecule has 2 fully saturated rings. The van der Waals surface area contributed by atoms with E-state index in [0.29, 0.717) is 43.8 Å². The van der Waals surface area contributed by atoms with Gasteiger partial charge in [-0.2, -0.15) is 19.6 Å². The molecule has 53 heavy (non-hydrogen) atoms. The molecule has 1 aliphatic carbocycles. The van der Waals surface area contributed by atoms with Crippen molar-refractivity contribution in [3.63, 3.8) is 0 Å². The predicted molar refractivity (Wildman–Crippen MR) is 202 cm³/mol. The lowest BCUT2D eigenvalue weighted by Gasteiger charge is -2.46. The van der Waals surface area contributed by atoms with Crippen LogP contribution < -0.4 is 0 Å². The first-order valence-corrected chi connectivity index (χ1v) is 19.1. The van der Waals surface area contributed by atoms with Gasteiger partial charge in [-0.25, -0.2) is 0 Å². The summed E-state index contributed by atoms with van der Waals surface area (Å²) < 4.78 is 11.4. The third-order valence-electron chi connectivity index (χ3n) is 10.8. The topological polar surface area (TPSA) is 130 Å². The maximum atomic E-state index is 12.8. The second-order valence-electron chi connectivity index (χ2n) is 18.8. The summed E-state index contributed by atoms with van der Waals surface area (Å²) in [5, 5.41) is 21.0. The molecule has 0 bridgehead atoms. The molecule has 2 aromatic carbocycles. The Bertz CT molecular complexity index is 1470. The summed E-state index contributed by atoms with van der Waals surface area (Å²) in [5.74, 6) is -0.744. The van der Waals surface area contributed by atoms with E-state index < -0.39 is 17.5 Å². The molecule has 1 heterocycles. The second-order valence-corrected chi connectivity index (χ2v) is 18.8. The van der Waals surface area contributed by atoms with Crippen molar-refractivity contribution in [2.45, 2.75) is 157 Å². The van der Waals surface area contributed by atoms with Crippen molar-refractivity contribution in [1.29, 1.82) is 0 Å². The molecule has 4 rings (SSSR count). The van der Waals surface area contributed by atoms with E-state index in [0.717, 1.165) is 46.2 Å². The summed E-state index contributed by atoms with van der Waals surface area (Å²) in [5.41, 5.74) is 3.86. The number of esters is 2. The number of aromatic hydroxyl groups is 2. The van der Waals surface area contributed by atoms with Crippen LogP contribution in [0.4, 0.5) is 0 Å². The van der Waals surface area contributed by atoms with E-state index in [-0.39, 0.29) is 53.6 Å². The Hall–Kier alpha value is -3.18. The molecule has 10 nitrogen and oxygen atoms in total. The highest BCUT2D eigenvalue weighted by Crippen LogP contribution is 2.46. The van der Waals surface area contributed by atoms with Crippen LogP contribution in [0.1, 0.15) is 141 Å². The molecule has 10 heteroatoms. The minimum Gasteiger partial charge on any atom is -0.507 e. The van der Waals surface area contributed by atoms with Gasteiger partial charge in [0.25, 0.3) is 0 Å². The van der Waals surface area contributed by atoms with Gasteiger partial charge in [0.2, 0.25) is 12.1 Å². The van der Waals surface area contributed by atoms with Gasteiger partial charge in [-0.1, -0.05) is 93.5 Å². The normalized spacial score (nSPS) is 21.4. The van der Waals surface area contributed by atoms with E-state index in [1.807, 2.05) is 72.7 Å². The van der Waals surface area contributed by atoms with Crippen molar-refractivity contribution in [2.75, 3.05) is 13.2 Å². The summed E-state index contributed by atoms with van der Waals surface area (Å²) in [7, 11) is 0. The van der Waals surface area contributed by atoms with Gasteiger partial charge in [-0.3, -0.25) is 9.59 Å². The van der Waals surface area contributed by atoms with Gasteiger partial charge in [-0.05, 0) is 89.7 Å². The van der Waals surface area contributed by atoms with Crippen LogP contribution in [0.5, 0.6) is 11.5 Å². The van der Waals surface area contributed by atoms with E-state index in [4.69, 9.17) is 29.0 Å². The molecule has 0 unspecified atom stereocenters. The first kappa shape index (κ1) is 42.6. The Morgan fingerprint density at radius 3 is 1.47 bits per heavy atom. The number of phenolic OH excluding ortho intramolecular Hbond substituents is 2. The zero-order chi connectivity index (χ0) is 39.6. The van der Waals surface area contributed by atoms with Gasteiger partial charge in [0.15, 0.2) is 0 Å². The number of hydrogen-bond donors (Lipinski definition) is 2. The third-order valence-corrected chi connectivity index (χ3v) is 10.8. The van der Waals surface area contributed by atoms with Crippen LogP contribution >= 0.6 is 0 Å². The molecule has 0 amide bonds. The predicted octanol–water partition coefficient (Wildman–Crippen LogP) is 9.14. The number of ether oxygens (including phenoxy) is 2. The minimum atomic E-state index is -1.03. The number of hydrogen-bond acceptors (Lipinski definition) is 10. The van der Waals surface area contributed by atoms with Gasteiger partial charge in [-0.15, -0.1) is 0 Å². The molecule has 2 N–H and O–H groups in total. The number of aryl methyl sites for hydroxylation is 4. The maximum absolute atomic E-state index is 12.8. The lowest BCUT2D eigenvalue weighted by Crippen LogP contribution is -2.52. The van der Waals surface area contributed by atoms with E-state index in [2.05, 4.69) is 34.6 Å². The van der Waals surface area contributed by atoms with Crippen LogP contribution in [0.15, 0.2) is 24.3 Å². The summed E-state index contributed by atoms with van der Waals surface area (Å²) in [6.45, 7) is 24.4.